The largest absolute Gasteiger partial charge is 0.394 e. The number of aliphatic hydroxyl groups excluding tert-OH is 1. The number of likely N-dealkylation sites (tertiary alicyclic amines) is 1. The molecule has 1 saturated carbocycles. The summed E-state index contributed by atoms with van der Waals surface area (Å²) in [5.74, 6) is -1.02. The van der Waals surface area contributed by atoms with Crippen LogP contribution in [-0.4, -0.2) is 92.4 Å². The Morgan fingerprint density at radius 2 is 1.80 bits per heavy atom. The number of amides is 3. The van der Waals surface area contributed by atoms with E-state index in [9.17, 15) is 19.5 Å². The molecule has 0 aromatic carbocycles. The van der Waals surface area contributed by atoms with E-state index in [2.05, 4.69) is 32.1 Å². The zero-order valence-corrected chi connectivity index (χ0v) is 22.0. The van der Waals surface area contributed by atoms with Crippen LogP contribution in [0.5, 0.6) is 0 Å². The number of carbonyl (C=O) groups excluding carboxylic acids is 3. The summed E-state index contributed by atoms with van der Waals surface area (Å²) in [4.78, 5) is 47.6. The lowest BCUT2D eigenvalue weighted by Crippen LogP contribution is -2.58. The molecule has 0 bridgehead atoms. The molecule has 1 spiro atoms. The number of likely N-dealkylation sites (N-methyl/N-ethyl adjacent to an activating group) is 1. The van der Waals surface area contributed by atoms with Crippen molar-refractivity contribution < 1.29 is 19.5 Å². The molecule has 1 unspecified atom stereocenters. The van der Waals surface area contributed by atoms with Gasteiger partial charge >= 0.3 is 0 Å². The number of carbonyl (C=O) groups is 3. The molecule has 192 valence electrons. The average Bonchev–Trinajstić information content (AvgIpc) is 3.17. The first kappa shape index (κ1) is 24.9. The maximum atomic E-state index is 14.4. The second-order valence-corrected chi connectivity index (χ2v) is 12.9. The molecule has 5 rings (SSSR count). The molecule has 2 saturated heterocycles. The van der Waals surface area contributed by atoms with Gasteiger partial charge in [-0.3, -0.25) is 14.4 Å². The predicted molar refractivity (Wildman–Crippen MR) is 137 cm³/mol. The average molecular weight is 502 g/mol. The van der Waals surface area contributed by atoms with Gasteiger partial charge in [-0.15, -0.1) is 11.8 Å². The minimum atomic E-state index is -0.796. The Kier molecular flexibility index (Phi) is 6.81. The molecule has 6 atom stereocenters. The fraction of sp³-hybridized carbons (Fsp3) is 0.741. The first-order chi connectivity index (χ1) is 16.8. The highest BCUT2D eigenvalue weighted by atomic mass is 32.2. The van der Waals surface area contributed by atoms with Crippen molar-refractivity contribution in [3.05, 3.63) is 24.3 Å². The summed E-state index contributed by atoms with van der Waals surface area (Å²) in [5, 5.41) is 10.3. The number of aliphatic hydroxyl groups is 1. The molecule has 7 nitrogen and oxygen atoms in total. The highest BCUT2D eigenvalue weighted by Gasteiger charge is 2.71. The molecule has 0 aromatic heterocycles. The minimum Gasteiger partial charge on any atom is -0.394 e. The molecule has 35 heavy (non-hydrogen) atoms. The quantitative estimate of drug-likeness (QED) is 0.586. The fourth-order valence-corrected chi connectivity index (χ4v) is 9.15. The molecule has 0 radical (unpaired) electrons. The van der Waals surface area contributed by atoms with Crippen LogP contribution in [0, 0.1) is 17.8 Å². The number of hydrogen-bond acceptors (Lipinski definition) is 5. The van der Waals surface area contributed by atoms with E-state index in [1.807, 2.05) is 11.0 Å². The molecule has 4 heterocycles. The van der Waals surface area contributed by atoms with Gasteiger partial charge in [-0.1, -0.05) is 57.4 Å². The summed E-state index contributed by atoms with van der Waals surface area (Å²) in [6.45, 7) is 5.04. The van der Waals surface area contributed by atoms with Crippen molar-refractivity contribution in [1.82, 2.24) is 14.7 Å². The van der Waals surface area contributed by atoms with E-state index >= 15 is 0 Å². The first-order valence-corrected chi connectivity index (χ1v) is 14.2. The molecular weight excluding hydrogens is 462 g/mol. The molecule has 3 fully saturated rings. The molecular formula is C27H39N3O4S. The summed E-state index contributed by atoms with van der Waals surface area (Å²) in [7, 11) is 1.79. The van der Waals surface area contributed by atoms with E-state index in [0.717, 1.165) is 25.7 Å². The summed E-state index contributed by atoms with van der Waals surface area (Å²) in [6, 6.07) is -0.943. The highest BCUT2D eigenvalue weighted by molar-refractivity contribution is 8.02. The summed E-state index contributed by atoms with van der Waals surface area (Å²) in [6.07, 6.45) is 14.3. The molecule has 5 aliphatic rings. The second-order valence-electron chi connectivity index (χ2n) is 11.4. The third kappa shape index (κ3) is 3.95. The van der Waals surface area contributed by atoms with Crippen LogP contribution in [0.25, 0.3) is 0 Å². The third-order valence-corrected chi connectivity index (χ3v) is 10.4. The maximum Gasteiger partial charge on any atom is 0.247 e. The zero-order chi connectivity index (χ0) is 24.9. The van der Waals surface area contributed by atoms with Crippen molar-refractivity contribution in [2.75, 3.05) is 26.7 Å². The Bertz CT molecular complexity index is 929. The van der Waals surface area contributed by atoms with E-state index in [1.54, 1.807) is 28.6 Å². The number of thioether (sulfide) groups is 1. The molecule has 1 N–H and O–H groups in total. The number of nitrogens with zero attached hydrogens (tertiary/aromatic N) is 3. The molecule has 1 aliphatic carbocycles. The van der Waals surface area contributed by atoms with Crippen LogP contribution >= 0.6 is 11.8 Å². The van der Waals surface area contributed by atoms with Gasteiger partial charge in [0.2, 0.25) is 17.7 Å². The lowest BCUT2D eigenvalue weighted by molar-refractivity contribution is -0.148. The van der Waals surface area contributed by atoms with Crippen molar-refractivity contribution in [3.63, 3.8) is 0 Å². The van der Waals surface area contributed by atoms with Gasteiger partial charge in [0.25, 0.3) is 0 Å². The van der Waals surface area contributed by atoms with Crippen molar-refractivity contribution in [2.45, 2.75) is 80.5 Å². The SMILES string of the molecule is CC(C)C[C@H](CO)N1C(=O)[C@@H]2[C@H]3C(=O)N(C)CC=C[C@H]3S[C@@]23C=CCN(C2CCCCC2)C(=O)C13. The van der Waals surface area contributed by atoms with Crippen LogP contribution in [0.1, 0.15) is 52.4 Å². The van der Waals surface area contributed by atoms with Crippen molar-refractivity contribution in [2.24, 2.45) is 17.8 Å². The topological polar surface area (TPSA) is 81.2 Å². The van der Waals surface area contributed by atoms with E-state index < -0.39 is 28.7 Å². The van der Waals surface area contributed by atoms with Gasteiger partial charge < -0.3 is 19.8 Å². The van der Waals surface area contributed by atoms with Crippen LogP contribution in [-0.2, 0) is 14.4 Å². The smallest absolute Gasteiger partial charge is 0.247 e. The summed E-state index contributed by atoms with van der Waals surface area (Å²) >= 11 is 1.62. The van der Waals surface area contributed by atoms with Gasteiger partial charge in [0, 0.05) is 31.4 Å². The van der Waals surface area contributed by atoms with Crippen molar-refractivity contribution >= 4 is 29.5 Å². The van der Waals surface area contributed by atoms with Gasteiger partial charge in [-0.05, 0) is 25.2 Å². The normalized spacial score (nSPS) is 36.4. The molecule has 8 heteroatoms. The summed E-state index contributed by atoms with van der Waals surface area (Å²) in [5.41, 5.74) is 0. The Balaban J connectivity index is 1.61. The van der Waals surface area contributed by atoms with Crippen LogP contribution in [0.4, 0.5) is 0 Å². The zero-order valence-electron chi connectivity index (χ0n) is 21.1. The lowest BCUT2D eigenvalue weighted by Gasteiger charge is -2.41. The Morgan fingerprint density at radius 3 is 2.49 bits per heavy atom. The van der Waals surface area contributed by atoms with Gasteiger partial charge in [0.15, 0.2) is 0 Å². The van der Waals surface area contributed by atoms with E-state index in [-0.39, 0.29) is 41.5 Å². The van der Waals surface area contributed by atoms with Crippen LogP contribution in [0.3, 0.4) is 0 Å². The summed E-state index contributed by atoms with van der Waals surface area (Å²) < 4.78 is -0.796. The Labute approximate surface area is 213 Å². The van der Waals surface area contributed by atoms with Crippen LogP contribution < -0.4 is 0 Å². The predicted octanol–water partition coefficient (Wildman–Crippen LogP) is 2.45. The van der Waals surface area contributed by atoms with E-state index in [4.69, 9.17) is 0 Å². The monoisotopic (exact) mass is 501 g/mol. The van der Waals surface area contributed by atoms with Gasteiger partial charge in [-0.25, -0.2) is 0 Å². The van der Waals surface area contributed by atoms with Gasteiger partial charge in [-0.2, -0.15) is 0 Å². The molecule has 0 aromatic rings. The number of hydrogen-bond donors (Lipinski definition) is 1. The maximum absolute atomic E-state index is 14.4. The van der Waals surface area contributed by atoms with Gasteiger partial charge in [0.1, 0.15) is 6.04 Å². The lowest BCUT2D eigenvalue weighted by atomic mass is 9.78. The van der Waals surface area contributed by atoms with Crippen LogP contribution in [0.15, 0.2) is 24.3 Å². The second kappa shape index (κ2) is 9.58. The number of fused-ring (bicyclic) bond motifs is 2. The fourth-order valence-electron chi connectivity index (χ4n) is 7.15. The molecule has 4 aliphatic heterocycles. The van der Waals surface area contributed by atoms with E-state index in [0.29, 0.717) is 19.5 Å². The number of rotatable bonds is 5. The third-order valence-electron chi connectivity index (χ3n) is 8.69. The first-order valence-electron chi connectivity index (χ1n) is 13.3. The standard InChI is InChI=1S/C27H39N3O4S/c1-17(2)15-19(16-31)30-23-26(34)29(18-9-5-4-6-10-18)14-8-12-27(23)22(25(30)33)21-20(35-27)11-7-13-28(3)24(21)32/h7-8,11-12,17-23,31H,4-6,9-10,13-16H2,1-3H3/t19-,20-,21+,22+,23?,27+/m1/s1. The van der Waals surface area contributed by atoms with Gasteiger partial charge in [0.05, 0.1) is 29.2 Å². The Hall–Kier alpha value is -1.80. The highest BCUT2D eigenvalue weighted by Crippen LogP contribution is 2.61. The van der Waals surface area contributed by atoms with Crippen LogP contribution in [0.2, 0.25) is 0 Å². The molecule has 3 amide bonds. The minimum absolute atomic E-state index is 0.00583. The Morgan fingerprint density at radius 1 is 1.06 bits per heavy atom. The van der Waals surface area contributed by atoms with E-state index in [1.165, 1.54) is 6.42 Å². The van der Waals surface area contributed by atoms with Crippen molar-refractivity contribution in [1.29, 1.82) is 0 Å². The van der Waals surface area contributed by atoms with Crippen molar-refractivity contribution in [3.8, 4) is 0 Å².